The first-order chi connectivity index (χ1) is 6.09. The van der Waals surface area contributed by atoms with E-state index in [1.54, 1.807) is 0 Å². The zero-order chi connectivity index (χ0) is 9.90. The van der Waals surface area contributed by atoms with Crippen LogP contribution in [0.3, 0.4) is 0 Å². The minimum Gasteiger partial charge on any atom is -0.297 e. The Kier molecular flexibility index (Phi) is 3.33. The number of likely N-dealkylation sites (tertiary alicyclic amines) is 1. The minimum atomic E-state index is 0.0508. The Hall–Kier alpha value is -0.550. The molecule has 1 unspecified atom stereocenters. The third kappa shape index (κ3) is 2.22. The molecule has 1 saturated heterocycles. The van der Waals surface area contributed by atoms with Gasteiger partial charge in [-0.1, -0.05) is 6.42 Å². The predicted molar refractivity (Wildman–Crippen MR) is 54.3 cm³/mol. The average molecular weight is 180 g/mol. The molecule has 0 spiro atoms. The molecule has 1 heterocycles. The largest absolute Gasteiger partial charge is 0.297 e. The van der Waals surface area contributed by atoms with Crippen LogP contribution < -0.4 is 0 Å². The highest BCUT2D eigenvalue weighted by Gasteiger charge is 2.33. The zero-order valence-electron chi connectivity index (χ0n) is 9.01. The van der Waals surface area contributed by atoms with Crippen LogP contribution in [0.4, 0.5) is 0 Å². The summed E-state index contributed by atoms with van der Waals surface area (Å²) >= 11 is 0. The van der Waals surface area contributed by atoms with Crippen LogP contribution in [0.2, 0.25) is 0 Å². The van der Waals surface area contributed by atoms with Crippen molar-refractivity contribution < 1.29 is 0 Å². The predicted octanol–water partition coefficient (Wildman–Crippen LogP) is 2.41. The van der Waals surface area contributed by atoms with Gasteiger partial charge in [0.15, 0.2) is 0 Å². The molecule has 0 saturated carbocycles. The van der Waals surface area contributed by atoms with Gasteiger partial charge in [0.1, 0.15) is 0 Å². The standard InChI is InChI=1S/C11H20N2/c1-10(9-12)11(2,3)13-7-5-4-6-8-13/h10H,4-8H2,1-3H3. The maximum Gasteiger partial charge on any atom is 0.0672 e. The van der Waals surface area contributed by atoms with Crippen molar-refractivity contribution in [2.75, 3.05) is 13.1 Å². The zero-order valence-corrected chi connectivity index (χ0v) is 9.01. The molecule has 0 N–H and O–H groups in total. The van der Waals surface area contributed by atoms with Gasteiger partial charge in [-0.3, -0.25) is 4.90 Å². The molecule has 1 atom stereocenters. The Morgan fingerprint density at radius 3 is 2.23 bits per heavy atom. The smallest absolute Gasteiger partial charge is 0.0672 e. The van der Waals surface area contributed by atoms with E-state index in [0.717, 1.165) is 0 Å². The molecule has 13 heavy (non-hydrogen) atoms. The van der Waals surface area contributed by atoms with Crippen LogP contribution >= 0.6 is 0 Å². The lowest BCUT2D eigenvalue weighted by Gasteiger charge is -2.42. The molecule has 1 aliphatic rings. The van der Waals surface area contributed by atoms with Crippen LogP contribution in [0, 0.1) is 17.2 Å². The van der Waals surface area contributed by atoms with Gasteiger partial charge in [-0.2, -0.15) is 5.26 Å². The molecular weight excluding hydrogens is 160 g/mol. The van der Waals surface area contributed by atoms with Crippen molar-refractivity contribution in [1.29, 1.82) is 5.26 Å². The van der Waals surface area contributed by atoms with Gasteiger partial charge in [-0.15, -0.1) is 0 Å². The molecule has 0 radical (unpaired) electrons. The molecule has 0 aromatic heterocycles. The number of nitriles is 1. The Morgan fingerprint density at radius 1 is 1.23 bits per heavy atom. The highest BCUT2D eigenvalue weighted by Crippen LogP contribution is 2.26. The van der Waals surface area contributed by atoms with Crippen LogP contribution in [0.15, 0.2) is 0 Å². The Bertz CT molecular complexity index is 197. The third-order valence-corrected chi connectivity index (χ3v) is 3.42. The number of hydrogen-bond acceptors (Lipinski definition) is 2. The summed E-state index contributed by atoms with van der Waals surface area (Å²) in [6, 6.07) is 2.36. The minimum absolute atomic E-state index is 0.0508. The maximum atomic E-state index is 8.92. The summed E-state index contributed by atoms with van der Waals surface area (Å²) in [7, 11) is 0. The Balaban J connectivity index is 2.62. The summed E-state index contributed by atoms with van der Waals surface area (Å²) in [5.41, 5.74) is 0.0508. The van der Waals surface area contributed by atoms with Gasteiger partial charge in [-0.25, -0.2) is 0 Å². The van der Waals surface area contributed by atoms with E-state index in [1.165, 1.54) is 32.4 Å². The summed E-state index contributed by atoms with van der Waals surface area (Å²) in [6.07, 6.45) is 3.94. The van der Waals surface area contributed by atoms with E-state index in [1.807, 2.05) is 6.92 Å². The van der Waals surface area contributed by atoms with E-state index < -0.39 is 0 Å². The average Bonchev–Trinajstić information content (AvgIpc) is 2.18. The number of hydrogen-bond donors (Lipinski definition) is 0. The van der Waals surface area contributed by atoms with Gasteiger partial charge in [-0.05, 0) is 46.7 Å². The summed E-state index contributed by atoms with van der Waals surface area (Å²) in [6.45, 7) is 8.73. The molecule has 2 nitrogen and oxygen atoms in total. The van der Waals surface area contributed by atoms with E-state index in [4.69, 9.17) is 5.26 Å². The van der Waals surface area contributed by atoms with Gasteiger partial charge in [0.25, 0.3) is 0 Å². The number of rotatable bonds is 2. The first-order valence-electron chi connectivity index (χ1n) is 5.23. The van der Waals surface area contributed by atoms with Crippen molar-refractivity contribution in [3.8, 4) is 6.07 Å². The molecule has 1 fully saturated rings. The first kappa shape index (κ1) is 10.5. The van der Waals surface area contributed by atoms with E-state index in [9.17, 15) is 0 Å². The van der Waals surface area contributed by atoms with Crippen LogP contribution in [-0.2, 0) is 0 Å². The highest BCUT2D eigenvalue weighted by molar-refractivity contribution is 4.98. The lowest BCUT2D eigenvalue weighted by Crippen LogP contribution is -2.50. The number of nitrogens with zero attached hydrogens (tertiary/aromatic N) is 2. The van der Waals surface area contributed by atoms with Crippen LogP contribution in [0.25, 0.3) is 0 Å². The monoisotopic (exact) mass is 180 g/mol. The van der Waals surface area contributed by atoms with E-state index >= 15 is 0 Å². The molecule has 0 amide bonds. The van der Waals surface area contributed by atoms with Crippen molar-refractivity contribution >= 4 is 0 Å². The Morgan fingerprint density at radius 2 is 1.77 bits per heavy atom. The topological polar surface area (TPSA) is 27.0 Å². The van der Waals surface area contributed by atoms with Gasteiger partial charge in [0.2, 0.25) is 0 Å². The van der Waals surface area contributed by atoms with Crippen LogP contribution in [0.1, 0.15) is 40.0 Å². The molecule has 2 heteroatoms. The Labute approximate surface area is 81.5 Å². The summed E-state index contributed by atoms with van der Waals surface area (Å²) < 4.78 is 0. The van der Waals surface area contributed by atoms with Crippen LogP contribution in [0.5, 0.6) is 0 Å². The van der Waals surface area contributed by atoms with Gasteiger partial charge < -0.3 is 0 Å². The van der Waals surface area contributed by atoms with E-state index in [2.05, 4.69) is 24.8 Å². The van der Waals surface area contributed by atoms with E-state index in [0.29, 0.717) is 0 Å². The quantitative estimate of drug-likeness (QED) is 0.652. The summed E-state index contributed by atoms with van der Waals surface area (Å²) in [4.78, 5) is 2.46. The fraction of sp³-hybridized carbons (Fsp3) is 0.909. The fourth-order valence-corrected chi connectivity index (χ4v) is 1.90. The molecule has 0 aromatic rings. The lowest BCUT2D eigenvalue weighted by atomic mass is 9.87. The highest BCUT2D eigenvalue weighted by atomic mass is 15.2. The van der Waals surface area contributed by atoms with Crippen molar-refractivity contribution in [1.82, 2.24) is 4.90 Å². The van der Waals surface area contributed by atoms with E-state index in [-0.39, 0.29) is 11.5 Å². The molecule has 1 rings (SSSR count). The SMILES string of the molecule is CC(C#N)C(C)(C)N1CCCCC1. The normalized spacial score (nSPS) is 22.3. The van der Waals surface area contributed by atoms with Gasteiger partial charge in [0, 0.05) is 5.54 Å². The van der Waals surface area contributed by atoms with Crippen molar-refractivity contribution in [2.45, 2.75) is 45.6 Å². The second kappa shape index (κ2) is 4.11. The van der Waals surface area contributed by atoms with Gasteiger partial charge in [0.05, 0.1) is 12.0 Å². The fourth-order valence-electron chi connectivity index (χ4n) is 1.90. The molecule has 74 valence electrons. The molecular formula is C11H20N2. The third-order valence-electron chi connectivity index (χ3n) is 3.42. The second-order valence-electron chi connectivity index (χ2n) is 4.55. The van der Waals surface area contributed by atoms with Crippen molar-refractivity contribution in [3.05, 3.63) is 0 Å². The first-order valence-corrected chi connectivity index (χ1v) is 5.23. The molecule has 0 bridgehead atoms. The number of piperidine rings is 1. The van der Waals surface area contributed by atoms with Gasteiger partial charge >= 0.3 is 0 Å². The molecule has 0 aliphatic carbocycles. The van der Waals surface area contributed by atoms with Crippen molar-refractivity contribution in [2.24, 2.45) is 5.92 Å². The molecule has 0 aromatic carbocycles. The lowest BCUT2D eigenvalue weighted by molar-refractivity contribution is 0.0693. The second-order valence-corrected chi connectivity index (χ2v) is 4.55. The summed E-state index contributed by atoms with van der Waals surface area (Å²) in [5, 5.41) is 8.92. The molecule has 1 aliphatic heterocycles. The van der Waals surface area contributed by atoms with Crippen molar-refractivity contribution in [3.63, 3.8) is 0 Å². The maximum absolute atomic E-state index is 8.92. The van der Waals surface area contributed by atoms with Crippen LogP contribution in [-0.4, -0.2) is 23.5 Å². The summed E-state index contributed by atoms with van der Waals surface area (Å²) in [5.74, 6) is 0.116.